The van der Waals surface area contributed by atoms with Crippen LogP contribution in [-0.2, 0) is 6.18 Å². The number of aryl methyl sites for hydroxylation is 1. The average molecular weight is 216 g/mol. The molecule has 1 heterocycles. The Hall–Kier alpha value is -1.52. The predicted molar refractivity (Wildman–Crippen MR) is 53.1 cm³/mol. The van der Waals surface area contributed by atoms with Gasteiger partial charge in [0, 0.05) is 0 Å². The fourth-order valence-electron chi connectivity index (χ4n) is 1.39. The van der Waals surface area contributed by atoms with Crippen molar-refractivity contribution in [2.45, 2.75) is 20.0 Å². The van der Waals surface area contributed by atoms with Gasteiger partial charge in [-0.3, -0.25) is 0 Å². The maximum Gasteiger partial charge on any atom is 0.418 e. The van der Waals surface area contributed by atoms with E-state index in [1.165, 1.54) is 19.9 Å². The highest BCUT2D eigenvalue weighted by atomic mass is 19.4. The van der Waals surface area contributed by atoms with Crippen molar-refractivity contribution in [2.24, 2.45) is 0 Å². The summed E-state index contributed by atoms with van der Waals surface area (Å²) < 4.78 is 38.0. The molecule has 5 heteroatoms. The van der Waals surface area contributed by atoms with Gasteiger partial charge in [-0.05, 0) is 25.5 Å². The third-order valence-electron chi connectivity index (χ3n) is 1.96. The molecular weight excluding hydrogens is 205 g/mol. The number of halogens is 3. The molecule has 0 spiro atoms. The Bertz CT molecular complexity index is 408. The highest BCUT2D eigenvalue weighted by molar-refractivity contribution is 5.68. The average Bonchev–Trinajstić information content (AvgIpc) is 1.99. The third-order valence-corrected chi connectivity index (χ3v) is 1.96. The molecule has 0 fully saturated rings. The number of aromatic nitrogens is 1. The van der Waals surface area contributed by atoms with Crippen molar-refractivity contribution in [2.75, 3.05) is 5.73 Å². The van der Waals surface area contributed by atoms with Gasteiger partial charge in [0.1, 0.15) is 5.82 Å². The lowest BCUT2D eigenvalue weighted by molar-refractivity contribution is -0.138. The van der Waals surface area contributed by atoms with Crippen LogP contribution in [0.1, 0.15) is 23.7 Å². The number of hydrogen-bond donors (Lipinski definition) is 1. The van der Waals surface area contributed by atoms with Crippen LogP contribution in [0.4, 0.5) is 19.0 Å². The number of alkyl halides is 3. The van der Waals surface area contributed by atoms with E-state index < -0.39 is 11.7 Å². The third kappa shape index (κ3) is 2.29. The molecule has 1 aromatic rings. The largest absolute Gasteiger partial charge is 0.418 e. The zero-order chi connectivity index (χ0) is 11.8. The number of pyridine rings is 1. The molecular formula is C10H11F3N2. The summed E-state index contributed by atoms with van der Waals surface area (Å²) in [5.74, 6) is 0.0681. The fraction of sp³-hybridized carbons (Fsp3) is 0.300. The van der Waals surface area contributed by atoms with Gasteiger partial charge in [-0.25, -0.2) is 4.98 Å². The van der Waals surface area contributed by atoms with Crippen molar-refractivity contribution in [1.82, 2.24) is 4.98 Å². The number of nitrogens with zero attached hydrogens (tertiary/aromatic N) is 1. The van der Waals surface area contributed by atoms with E-state index in [0.29, 0.717) is 5.57 Å². The van der Waals surface area contributed by atoms with E-state index in [0.717, 1.165) is 0 Å². The molecule has 2 nitrogen and oxygen atoms in total. The summed E-state index contributed by atoms with van der Waals surface area (Å²) in [7, 11) is 0. The zero-order valence-corrected chi connectivity index (χ0v) is 8.44. The van der Waals surface area contributed by atoms with E-state index in [1.807, 2.05) is 0 Å². The van der Waals surface area contributed by atoms with Gasteiger partial charge in [0.15, 0.2) is 0 Å². The van der Waals surface area contributed by atoms with Gasteiger partial charge in [0.25, 0.3) is 0 Å². The second-order valence-corrected chi connectivity index (χ2v) is 3.33. The van der Waals surface area contributed by atoms with Crippen LogP contribution in [0.2, 0.25) is 0 Å². The summed E-state index contributed by atoms with van der Waals surface area (Å²) in [6.07, 6.45) is -4.43. The lowest BCUT2D eigenvalue weighted by Gasteiger charge is -2.15. The van der Waals surface area contributed by atoms with Gasteiger partial charge >= 0.3 is 6.18 Å². The van der Waals surface area contributed by atoms with Crippen LogP contribution in [0.5, 0.6) is 0 Å². The highest BCUT2D eigenvalue weighted by Gasteiger charge is 2.36. The van der Waals surface area contributed by atoms with Crippen molar-refractivity contribution in [3.63, 3.8) is 0 Å². The standard InChI is InChI=1S/C10H11F3N2/c1-5(2)7-4-8(14)15-6(3)9(7)10(11,12)13/h4H,1H2,2-3H3,(H2,14,15). The Morgan fingerprint density at radius 2 is 2.00 bits per heavy atom. The molecule has 0 unspecified atom stereocenters. The van der Waals surface area contributed by atoms with Crippen LogP contribution >= 0.6 is 0 Å². The first-order valence-electron chi connectivity index (χ1n) is 4.23. The molecule has 1 rings (SSSR count). The Balaban J connectivity index is 3.55. The van der Waals surface area contributed by atoms with Gasteiger partial charge < -0.3 is 5.73 Å². The summed E-state index contributed by atoms with van der Waals surface area (Å²) in [5.41, 5.74) is 4.83. The lowest BCUT2D eigenvalue weighted by Crippen LogP contribution is -2.13. The van der Waals surface area contributed by atoms with Crippen LogP contribution in [-0.4, -0.2) is 4.98 Å². The molecule has 0 aliphatic rings. The van der Waals surface area contributed by atoms with Gasteiger partial charge in [0.2, 0.25) is 0 Å². The SMILES string of the molecule is C=C(C)c1cc(N)nc(C)c1C(F)(F)F. The van der Waals surface area contributed by atoms with Gasteiger partial charge in [0.05, 0.1) is 11.3 Å². The van der Waals surface area contributed by atoms with Crippen LogP contribution in [0, 0.1) is 6.92 Å². The number of rotatable bonds is 1. The molecule has 0 radical (unpaired) electrons. The molecule has 0 aliphatic carbocycles. The lowest BCUT2D eigenvalue weighted by atomic mass is 10.0. The van der Waals surface area contributed by atoms with Gasteiger partial charge in [-0.2, -0.15) is 13.2 Å². The summed E-state index contributed by atoms with van der Waals surface area (Å²) >= 11 is 0. The molecule has 2 N–H and O–H groups in total. The van der Waals surface area contributed by atoms with Crippen molar-refractivity contribution in [1.29, 1.82) is 0 Å². The molecule has 1 aromatic heterocycles. The van der Waals surface area contributed by atoms with Crippen molar-refractivity contribution >= 4 is 11.4 Å². The van der Waals surface area contributed by atoms with Crippen LogP contribution < -0.4 is 5.73 Å². The number of nitrogens with two attached hydrogens (primary N) is 1. The summed E-state index contributed by atoms with van der Waals surface area (Å²) in [6.45, 7) is 6.29. The topological polar surface area (TPSA) is 38.9 Å². The monoisotopic (exact) mass is 216 g/mol. The van der Waals surface area contributed by atoms with Crippen LogP contribution in [0.3, 0.4) is 0 Å². The molecule has 0 amide bonds. The first-order chi connectivity index (χ1) is 6.73. The van der Waals surface area contributed by atoms with E-state index in [9.17, 15) is 13.2 Å². The first-order valence-corrected chi connectivity index (χ1v) is 4.23. The highest BCUT2D eigenvalue weighted by Crippen LogP contribution is 2.36. The number of nitrogen functional groups attached to an aromatic ring is 1. The van der Waals surface area contributed by atoms with E-state index >= 15 is 0 Å². The molecule has 0 bridgehead atoms. The molecule has 0 aliphatic heterocycles. The maximum atomic E-state index is 12.7. The molecule has 0 saturated heterocycles. The quantitative estimate of drug-likeness (QED) is 0.783. The first kappa shape index (κ1) is 11.6. The zero-order valence-electron chi connectivity index (χ0n) is 8.44. The molecule has 0 saturated carbocycles. The normalized spacial score (nSPS) is 11.5. The fourth-order valence-corrected chi connectivity index (χ4v) is 1.39. The van der Waals surface area contributed by atoms with Crippen LogP contribution in [0.25, 0.3) is 5.57 Å². The minimum atomic E-state index is -4.43. The van der Waals surface area contributed by atoms with E-state index in [4.69, 9.17) is 5.73 Å². The van der Waals surface area contributed by atoms with Crippen molar-refractivity contribution in [3.8, 4) is 0 Å². The van der Waals surface area contributed by atoms with Crippen molar-refractivity contribution in [3.05, 3.63) is 29.5 Å². The number of anilines is 1. The van der Waals surface area contributed by atoms with E-state index in [2.05, 4.69) is 11.6 Å². The second kappa shape index (κ2) is 3.56. The van der Waals surface area contributed by atoms with Crippen molar-refractivity contribution < 1.29 is 13.2 Å². The summed E-state index contributed by atoms with van der Waals surface area (Å²) in [4.78, 5) is 3.60. The smallest absolute Gasteiger partial charge is 0.384 e. The Kier molecular flexibility index (Phi) is 2.75. The minimum absolute atomic E-state index is 0.00694. The Morgan fingerprint density at radius 3 is 2.40 bits per heavy atom. The number of hydrogen-bond acceptors (Lipinski definition) is 2. The number of allylic oxidation sites excluding steroid dienone is 1. The van der Waals surface area contributed by atoms with E-state index in [-0.39, 0.29) is 17.1 Å². The molecule has 15 heavy (non-hydrogen) atoms. The molecule has 0 aromatic carbocycles. The van der Waals surface area contributed by atoms with Gasteiger partial charge in [-0.15, -0.1) is 0 Å². The predicted octanol–water partition coefficient (Wildman–Crippen LogP) is 3.02. The van der Waals surface area contributed by atoms with Crippen LogP contribution in [0.15, 0.2) is 12.6 Å². The Labute approximate surface area is 85.6 Å². The summed E-state index contributed by atoms with van der Waals surface area (Å²) in [6, 6.07) is 1.19. The molecule has 0 atom stereocenters. The molecule has 82 valence electrons. The summed E-state index contributed by atoms with van der Waals surface area (Å²) in [5, 5.41) is 0. The second-order valence-electron chi connectivity index (χ2n) is 3.33. The Morgan fingerprint density at radius 1 is 1.47 bits per heavy atom. The van der Waals surface area contributed by atoms with Gasteiger partial charge in [-0.1, -0.05) is 12.2 Å². The van der Waals surface area contributed by atoms with E-state index in [1.54, 1.807) is 0 Å². The maximum absolute atomic E-state index is 12.7. The minimum Gasteiger partial charge on any atom is -0.384 e.